The van der Waals surface area contributed by atoms with E-state index in [1.54, 1.807) is 23.9 Å². The third kappa shape index (κ3) is 4.93. The Hall–Kier alpha value is -4.04. The maximum atomic E-state index is 12.7. The molecule has 1 N–H and O–H groups in total. The van der Waals surface area contributed by atoms with Crippen LogP contribution in [0.2, 0.25) is 0 Å². The number of aromatic nitrogens is 4. The van der Waals surface area contributed by atoms with E-state index < -0.39 is 0 Å². The molecule has 5 rings (SSSR count). The minimum Gasteiger partial charge on any atom is -0.494 e. The number of nitrogens with one attached hydrogen (secondary N) is 1. The fourth-order valence-electron chi connectivity index (χ4n) is 4.36. The second-order valence-corrected chi connectivity index (χ2v) is 8.47. The van der Waals surface area contributed by atoms with Crippen LogP contribution in [0.3, 0.4) is 0 Å². The quantitative estimate of drug-likeness (QED) is 0.464. The third-order valence-electron chi connectivity index (χ3n) is 6.23. The van der Waals surface area contributed by atoms with E-state index in [1.165, 1.54) is 18.0 Å². The lowest BCUT2D eigenvalue weighted by Gasteiger charge is -2.35. The molecular weight excluding hydrogens is 440 g/mol. The molecular formula is C27H28N6O2. The molecule has 1 aliphatic heterocycles. The van der Waals surface area contributed by atoms with E-state index in [4.69, 9.17) is 9.72 Å². The predicted octanol–water partition coefficient (Wildman–Crippen LogP) is 3.45. The molecule has 1 fully saturated rings. The largest absolute Gasteiger partial charge is 0.494 e. The van der Waals surface area contributed by atoms with Gasteiger partial charge >= 0.3 is 0 Å². The van der Waals surface area contributed by atoms with E-state index in [-0.39, 0.29) is 11.6 Å². The summed E-state index contributed by atoms with van der Waals surface area (Å²) in [7, 11) is 1.76. The first-order valence-electron chi connectivity index (χ1n) is 11.8. The van der Waals surface area contributed by atoms with Gasteiger partial charge in [-0.2, -0.15) is 0 Å². The molecule has 0 aliphatic carbocycles. The molecule has 8 heteroatoms. The third-order valence-corrected chi connectivity index (χ3v) is 6.23. The number of hydrogen-bond donors (Lipinski definition) is 1. The Labute approximate surface area is 204 Å². The van der Waals surface area contributed by atoms with Crippen molar-refractivity contribution in [2.45, 2.75) is 13.0 Å². The molecule has 0 spiro atoms. The van der Waals surface area contributed by atoms with Gasteiger partial charge in [-0.25, -0.2) is 15.0 Å². The number of ether oxygens (including phenoxy) is 1. The molecule has 35 heavy (non-hydrogen) atoms. The van der Waals surface area contributed by atoms with Gasteiger partial charge < -0.3 is 15.0 Å². The molecule has 1 aliphatic rings. The highest BCUT2D eigenvalue weighted by atomic mass is 16.5. The maximum Gasteiger partial charge on any atom is 0.255 e. The summed E-state index contributed by atoms with van der Waals surface area (Å²) in [6.07, 6.45) is 3.12. The zero-order valence-corrected chi connectivity index (χ0v) is 19.9. The summed E-state index contributed by atoms with van der Waals surface area (Å²) in [5, 5.41) is 3.60. The molecule has 1 atom stereocenters. The molecule has 0 bridgehead atoms. The molecule has 2 aromatic carbocycles. The van der Waals surface area contributed by atoms with Crippen molar-refractivity contribution < 1.29 is 4.74 Å². The topological polar surface area (TPSA) is 85.2 Å². The molecule has 0 unspecified atom stereocenters. The van der Waals surface area contributed by atoms with Crippen molar-refractivity contribution in [1.29, 1.82) is 0 Å². The summed E-state index contributed by atoms with van der Waals surface area (Å²) in [6.45, 7) is 4.90. The second-order valence-electron chi connectivity index (χ2n) is 8.47. The molecule has 1 saturated heterocycles. The number of rotatable bonds is 6. The highest BCUT2D eigenvalue weighted by molar-refractivity contribution is 5.64. The van der Waals surface area contributed by atoms with Gasteiger partial charge in [0.1, 0.15) is 12.1 Å². The number of nitrogens with zero attached hydrogens (tertiary/aromatic N) is 5. The second kappa shape index (κ2) is 10.1. The van der Waals surface area contributed by atoms with Crippen molar-refractivity contribution in [3.05, 3.63) is 89.1 Å². The molecule has 2 aromatic heterocycles. The number of hydrogen-bond acceptors (Lipinski definition) is 7. The number of anilines is 1. The van der Waals surface area contributed by atoms with Crippen molar-refractivity contribution in [1.82, 2.24) is 24.8 Å². The average Bonchev–Trinajstić information content (AvgIpc) is 2.91. The van der Waals surface area contributed by atoms with Gasteiger partial charge in [-0.05, 0) is 41.8 Å². The Morgan fingerprint density at radius 1 is 1.03 bits per heavy atom. The van der Waals surface area contributed by atoms with E-state index in [9.17, 15) is 4.79 Å². The molecule has 0 radical (unpaired) electrons. The van der Waals surface area contributed by atoms with E-state index in [2.05, 4.69) is 56.6 Å². The normalized spacial score (nSPS) is 15.7. The Balaban J connectivity index is 1.36. The van der Waals surface area contributed by atoms with Crippen molar-refractivity contribution in [2.75, 3.05) is 31.1 Å². The lowest BCUT2D eigenvalue weighted by Crippen LogP contribution is -2.47. The molecule has 8 nitrogen and oxygen atoms in total. The fourth-order valence-corrected chi connectivity index (χ4v) is 4.36. The summed E-state index contributed by atoms with van der Waals surface area (Å²) in [5.41, 5.74) is 4.58. The van der Waals surface area contributed by atoms with Crippen LogP contribution in [0.1, 0.15) is 18.5 Å². The first kappa shape index (κ1) is 22.7. The van der Waals surface area contributed by atoms with E-state index in [1.807, 2.05) is 19.1 Å². The van der Waals surface area contributed by atoms with Crippen LogP contribution in [0.5, 0.6) is 5.75 Å². The molecule has 3 heterocycles. The highest BCUT2D eigenvalue weighted by Gasteiger charge is 2.24. The molecule has 4 aromatic rings. The predicted molar refractivity (Wildman–Crippen MR) is 137 cm³/mol. The van der Waals surface area contributed by atoms with Crippen molar-refractivity contribution in [2.24, 2.45) is 7.05 Å². The van der Waals surface area contributed by atoms with E-state index in [0.717, 1.165) is 30.0 Å². The number of benzene rings is 2. The lowest BCUT2D eigenvalue weighted by atomic mass is 9.99. The zero-order chi connectivity index (χ0) is 24.2. The van der Waals surface area contributed by atoms with Gasteiger partial charge in [0.15, 0.2) is 0 Å². The SMILES string of the molecule is CCOc1ccc(-c2ccc([C@H]3CN(c4nc(-c5ccncn5)cc(=O)n4C)CCN3)cc2)cc1. The van der Waals surface area contributed by atoms with Crippen molar-refractivity contribution in [3.8, 4) is 28.3 Å². The lowest BCUT2D eigenvalue weighted by molar-refractivity contribution is 0.340. The Bertz CT molecular complexity index is 1340. The van der Waals surface area contributed by atoms with Crippen LogP contribution < -0.4 is 20.5 Å². The van der Waals surface area contributed by atoms with Crippen LogP contribution >= 0.6 is 0 Å². The van der Waals surface area contributed by atoms with Crippen LogP contribution in [0, 0.1) is 0 Å². The minimum atomic E-state index is -0.113. The standard InChI is InChI=1S/C27H28N6O2/c1-3-35-22-10-8-20(9-11-22)19-4-6-21(7-5-19)25-17-33(15-14-29-25)27-31-24(16-26(34)32(27)2)23-12-13-28-18-30-23/h4-13,16,18,25,29H,3,14-15,17H2,1-2H3/t25-/m1/s1. The Morgan fingerprint density at radius 2 is 1.77 bits per heavy atom. The summed E-state index contributed by atoms with van der Waals surface area (Å²) >= 11 is 0. The van der Waals surface area contributed by atoms with Gasteiger partial charge in [0.05, 0.1) is 18.0 Å². The maximum absolute atomic E-state index is 12.7. The minimum absolute atomic E-state index is 0.113. The first-order chi connectivity index (χ1) is 17.1. The average molecular weight is 469 g/mol. The van der Waals surface area contributed by atoms with E-state index >= 15 is 0 Å². The first-order valence-corrected chi connectivity index (χ1v) is 11.8. The summed E-state index contributed by atoms with van der Waals surface area (Å²) in [5.74, 6) is 1.52. The van der Waals surface area contributed by atoms with Gasteiger partial charge in [0.2, 0.25) is 5.95 Å². The smallest absolute Gasteiger partial charge is 0.255 e. The molecule has 0 saturated carbocycles. The van der Waals surface area contributed by atoms with Crippen LogP contribution in [-0.4, -0.2) is 45.8 Å². The van der Waals surface area contributed by atoms with Crippen LogP contribution in [0.25, 0.3) is 22.5 Å². The van der Waals surface area contributed by atoms with Gasteiger partial charge in [0, 0.05) is 45.0 Å². The fraction of sp³-hybridized carbons (Fsp3) is 0.259. The Morgan fingerprint density at radius 3 is 2.46 bits per heavy atom. The highest BCUT2D eigenvalue weighted by Crippen LogP contribution is 2.26. The van der Waals surface area contributed by atoms with Crippen LogP contribution in [0.15, 0.2) is 78.0 Å². The van der Waals surface area contributed by atoms with Gasteiger partial charge in [-0.3, -0.25) is 9.36 Å². The van der Waals surface area contributed by atoms with Gasteiger partial charge in [-0.15, -0.1) is 0 Å². The zero-order valence-electron chi connectivity index (χ0n) is 19.9. The summed E-state index contributed by atoms with van der Waals surface area (Å²) in [6, 6.07) is 20.2. The molecule has 0 amide bonds. The van der Waals surface area contributed by atoms with Gasteiger partial charge in [-0.1, -0.05) is 36.4 Å². The van der Waals surface area contributed by atoms with Crippen LogP contribution in [-0.2, 0) is 7.05 Å². The number of piperazine rings is 1. The van der Waals surface area contributed by atoms with Crippen LogP contribution in [0.4, 0.5) is 5.95 Å². The monoisotopic (exact) mass is 468 g/mol. The Kier molecular flexibility index (Phi) is 6.54. The van der Waals surface area contributed by atoms with Gasteiger partial charge in [0.25, 0.3) is 5.56 Å². The van der Waals surface area contributed by atoms with Crippen molar-refractivity contribution in [3.63, 3.8) is 0 Å². The van der Waals surface area contributed by atoms with Crippen molar-refractivity contribution >= 4 is 5.95 Å². The molecule has 178 valence electrons. The summed E-state index contributed by atoms with van der Waals surface area (Å²) in [4.78, 5) is 27.9. The van der Waals surface area contributed by atoms with E-state index in [0.29, 0.717) is 30.5 Å². The summed E-state index contributed by atoms with van der Waals surface area (Å²) < 4.78 is 7.14.